The molecule has 140 valence electrons. The van der Waals surface area contributed by atoms with E-state index in [1.807, 2.05) is 0 Å². The molecule has 0 unspecified atom stereocenters. The third kappa shape index (κ3) is 7.72. The average Bonchev–Trinajstić information content (AvgIpc) is 2.64. The zero-order valence-corrected chi connectivity index (χ0v) is 16.5. The number of ether oxygens (including phenoxy) is 1. The molecule has 2 aliphatic carbocycles. The summed E-state index contributed by atoms with van der Waals surface area (Å²) in [7, 11) is 0. The molecule has 0 aliphatic heterocycles. The van der Waals surface area contributed by atoms with E-state index in [9.17, 15) is 0 Å². The lowest BCUT2D eigenvalue weighted by Gasteiger charge is -2.31. The Bertz CT molecular complexity index is 319. The van der Waals surface area contributed by atoms with E-state index in [1.54, 1.807) is 0 Å². The van der Waals surface area contributed by atoms with Crippen LogP contribution in [-0.2, 0) is 4.74 Å². The first-order chi connectivity index (χ1) is 11.8. The van der Waals surface area contributed by atoms with Gasteiger partial charge in [0.25, 0.3) is 0 Å². The van der Waals surface area contributed by atoms with Crippen molar-refractivity contribution in [1.29, 1.82) is 0 Å². The first-order valence-electron chi connectivity index (χ1n) is 11.0. The van der Waals surface area contributed by atoms with E-state index in [4.69, 9.17) is 4.74 Å². The van der Waals surface area contributed by atoms with Crippen LogP contribution in [0.25, 0.3) is 0 Å². The smallest absolute Gasteiger partial charge is 0.0575 e. The van der Waals surface area contributed by atoms with Crippen LogP contribution < -0.4 is 0 Å². The van der Waals surface area contributed by atoms with Crippen molar-refractivity contribution in [3.8, 4) is 0 Å². The Balaban J connectivity index is 1.50. The van der Waals surface area contributed by atoms with Crippen LogP contribution in [0.15, 0.2) is 12.2 Å². The third-order valence-corrected chi connectivity index (χ3v) is 6.55. The van der Waals surface area contributed by atoms with Crippen LogP contribution in [0.1, 0.15) is 104 Å². The molecule has 0 amide bonds. The molecule has 0 aromatic heterocycles. The summed E-state index contributed by atoms with van der Waals surface area (Å²) in [6, 6.07) is 0. The van der Waals surface area contributed by atoms with E-state index in [1.165, 1.54) is 89.9 Å². The van der Waals surface area contributed by atoms with E-state index in [2.05, 4.69) is 26.0 Å². The Morgan fingerprint density at radius 3 is 1.96 bits per heavy atom. The van der Waals surface area contributed by atoms with Gasteiger partial charge in [0.1, 0.15) is 0 Å². The lowest BCUT2D eigenvalue weighted by Crippen LogP contribution is -2.23. The van der Waals surface area contributed by atoms with Gasteiger partial charge in [0.2, 0.25) is 0 Å². The maximum Gasteiger partial charge on any atom is 0.0575 e. The van der Waals surface area contributed by atoms with Crippen molar-refractivity contribution >= 4 is 0 Å². The first-order valence-corrected chi connectivity index (χ1v) is 11.0. The summed E-state index contributed by atoms with van der Waals surface area (Å²) in [4.78, 5) is 0. The standard InChI is InChI=1S/C23H42O/c1-3-5-7-19-24-23-17-15-22(16-18-23)14-13-21-11-9-20(10-12-21)8-6-4-2/h4,6,20-23H,3,5,7-19H2,1-2H3/b6-4+. The van der Waals surface area contributed by atoms with Gasteiger partial charge in [0.15, 0.2) is 0 Å². The van der Waals surface area contributed by atoms with Gasteiger partial charge in [0.05, 0.1) is 6.10 Å². The summed E-state index contributed by atoms with van der Waals surface area (Å²) < 4.78 is 6.07. The number of unbranched alkanes of at least 4 members (excludes halogenated alkanes) is 2. The molecule has 0 spiro atoms. The maximum atomic E-state index is 6.07. The topological polar surface area (TPSA) is 9.23 Å². The molecule has 0 heterocycles. The highest BCUT2D eigenvalue weighted by Gasteiger charge is 2.24. The molecule has 0 radical (unpaired) electrons. The zero-order valence-electron chi connectivity index (χ0n) is 16.5. The zero-order chi connectivity index (χ0) is 17.0. The second kappa shape index (κ2) is 12.1. The summed E-state index contributed by atoms with van der Waals surface area (Å²) >= 11 is 0. The monoisotopic (exact) mass is 334 g/mol. The Labute approximate surface area is 151 Å². The molecule has 1 heteroatoms. The molecule has 24 heavy (non-hydrogen) atoms. The van der Waals surface area contributed by atoms with Crippen molar-refractivity contribution < 1.29 is 4.74 Å². The Morgan fingerprint density at radius 1 is 0.792 bits per heavy atom. The molecule has 2 aliphatic rings. The molecule has 0 aromatic rings. The maximum absolute atomic E-state index is 6.07. The molecule has 0 N–H and O–H groups in total. The second-order valence-electron chi connectivity index (χ2n) is 8.49. The molecule has 0 bridgehead atoms. The van der Waals surface area contributed by atoms with Crippen molar-refractivity contribution in [3.05, 3.63) is 12.2 Å². The third-order valence-electron chi connectivity index (χ3n) is 6.55. The van der Waals surface area contributed by atoms with E-state index in [0.717, 1.165) is 24.4 Å². The van der Waals surface area contributed by atoms with Crippen LogP contribution in [0.4, 0.5) is 0 Å². The van der Waals surface area contributed by atoms with Gasteiger partial charge in [0, 0.05) is 6.61 Å². The van der Waals surface area contributed by atoms with Gasteiger partial charge >= 0.3 is 0 Å². The van der Waals surface area contributed by atoms with Gasteiger partial charge in [-0.2, -0.15) is 0 Å². The van der Waals surface area contributed by atoms with Gasteiger partial charge in [-0.05, 0) is 76.0 Å². The highest BCUT2D eigenvalue weighted by Crippen LogP contribution is 2.36. The van der Waals surface area contributed by atoms with Gasteiger partial charge in [-0.1, -0.05) is 57.6 Å². The minimum absolute atomic E-state index is 0.583. The lowest BCUT2D eigenvalue weighted by atomic mass is 9.76. The van der Waals surface area contributed by atoms with Crippen LogP contribution in [0.5, 0.6) is 0 Å². The molecular formula is C23H42O. The van der Waals surface area contributed by atoms with Crippen molar-refractivity contribution in [3.63, 3.8) is 0 Å². The van der Waals surface area contributed by atoms with Crippen LogP contribution in [0, 0.1) is 17.8 Å². The van der Waals surface area contributed by atoms with E-state index in [0.29, 0.717) is 6.10 Å². The molecule has 0 aromatic carbocycles. The minimum Gasteiger partial charge on any atom is -0.378 e. The fourth-order valence-corrected chi connectivity index (χ4v) is 4.75. The highest BCUT2D eigenvalue weighted by molar-refractivity contribution is 4.83. The van der Waals surface area contributed by atoms with Crippen LogP contribution in [0.3, 0.4) is 0 Å². The van der Waals surface area contributed by atoms with Crippen LogP contribution in [0.2, 0.25) is 0 Å². The first kappa shape index (κ1) is 20.0. The van der Waals surface area contributed by atoms with Crippen LogP contribution >= 0.6 is 0 Å². The normalized spacial score (nSPS) is 31.6. The molecular weight excluding hydrogens is 292 g/mol. The predicted octanol–water partition coefficient (Wildman–Crippen LogP) is 7.30. The fraction of sp³-hybridized carbons (Fsp3) is 0.913. The van der Waals surface area contributed by atoms with Crippen molar-refractivity contribution in [2.45, 2.75) is 110 Å². The molecule has 2 fully saturated rings. The van der Waals surface area contributed by atoms with Gasteiger partial charge in [-0.15, -0.1) is 0 Å². The average molecular weight is 335 g/mol. The quantitative estimate of drug-likeness (QED) is 0.301. The van der Waals surface area contributed by atoms with Gasteiger partial charge in [-0.3, -0.25) is 0 Å². The Hall–Kier alpha value is -0.300. The van der Waals surface area contributed by atoms with E-state index >= 15 is 0 Å². The SMILES string of the molecule is C/C=C/CC1CCC(CCC2CCC(OCCCCC)CC2)CC1. The lowest BCUT2D eigenvalue weighted by molar-refractivity contribution is 0.0146. The minimum atomic E-state index is 0.583. The number of rotatable bonds is 10. The molecule has 2 saturated carbocycles. The van der Waals surface area contributed by atoms with Crippen molar-refractivity contribution in [1.82, 2.24) is 0 Å². The fourth-order valence-electron chi connectivity index (χ4n) is 4.75. The Morgan fingerprint density at radius 2 is 1.38 bits per heavy atom. The van der Waals surface area contributed by atoms with Gasteiger partial charge in [-0.25, -0.2) is 0 Å². The van der Waals surface area contributed by atoms with Crippen LogP contribution in [-0.4, -0.2) is 12.7 Å². The summed E-state index contributed by atoms with van der Waals surface area (Å²) in [6.07, 6.45) is 24.8. The van der Waals surface area contributed by atoms with E-state index < -0.39 is 0 Å². The van der Waals surface area contributed by atoms with Crippen molar-refractivity contribution in [2.24, 2.45) is 17.8 Å². The summed E-state index contributed by atoms with van der Waals surface area (Å²) in [5, 5.41) is 0. The molecule has 0 saturated heterocycles. The molecule has 2 rings (SSSR count). The summed E-state index contributed by atoms with van der Waals surface area (Å²) in [5.74, 6) is 3.02. The number of hydrogen-bond donors (Lipinski definition) is 0. The van der Waals surface area contributed by atoms with E-state index in [-0.39, 0.29) is 0 Å². The Kier molecular flexibility index (Phi) is 10.1. The highest BCUT2D eigenvalue weighted by atomic mass is 16.5. The van der Waals surface area contributed by atoms with Gasteiger partial charge < -0.3 is 4.74 Å². The predicted molar refractivity (Wildman–Crippen MR) is 105 cm³/mol. The number of hydrogen-bond acceptors (Lipinski definition) is 1. The largest absolute Gasteiger partial charge is 0.378 e. The second-order valence-corrected chi connectivity index (χ2v) is 8.49. The molecule has 1 nitrogen and oxygen atoms in total. The summed E-state index contributed by atoms with van der Waals surface area (Å²) in [6.45, 7) is 5.41. The number of allylic oxidation sites excluding steroid dienone is 2. The summed E-state index contributed by atoms with van der Waals surface area (Å²) in [5.41, 5.74) is 0. The van der Waals surface area contributed by atoms with Crippen molar-refractivity contribution in [2.75, 3.05) is 6.61 Å². The molecule has 0 atom stereocenters.